The van der Waals surface area contributed by atoms with E-state index in [0.29, 0.717) is 0 Å². The number of aromatic nitrogens is 1. The summed E-state index contributed by atoms with van der Waals surface area (Å²) in [6, 6.07) is 10.6. The monoisotopic (exact) mass is 252 g/mol. The first-order chi connectivity index (χ1) is 9.42. The molecule has 1 aromatic carbocycles. The van der Waals surface area contributed by atoms with E-state index < -0.39 is 0 Å². The minimum atomic E-state index is 0.890. The molecule has 0 saturated heterocycles. The predicted octanol–water partition coefficient (Wildman–Crippen LogP) is 4.08. The Morgan fingerprint density at radius 2 is 1.79 bits per heavy atom. The van der Waals surface area contributed by atoms with Crippen molar-refractivity contribution in [3.63, 3.8) is 0 Å². The van der Waals surface area contributed by atoms with Gasteiger partial charge < -0.3 is 5.32 Å². The maximum absolute atomic E-state index is 4.53. The molecule has 2 aliphatic rings. The third-order valence-electron chi connectivity index (χ3n) is 4.63. The molecule has 4 rings (SSSR count). The number of nitrogens with zero attached hydrogens (tertiary/aromatic N) is 1. The first kappa shape index (κ1) is 11.3. The standard InChI is InChI=1S/C17H20N2/c1-2-4-15-12(3-1)9-10-18-17(15)19-11-16(13-5-6-13)14-7-8-14/h1-4,9-10,13-14,16H,5-8,11H2,(H,18,19). The van der Waals surface area contributed by atoms with Crippen LogP contribution in [0.5, 0.6) is 0 Å². The van der Waals surface area contributed by atoms with Crippen LogP contribution in [0.4, 0.5) is 5.82 Å². The molecule has 19 heavy (non-hydrogen) atoms. The number of pyridine rings is 1. The van der Waals surface area contributed by atoms with E-state index >= 15 is 0 Å². The van der Waals surface area contributed by atoms with Crippen molar-refractivity contribution in [3.8, 4) is 0 Å². The average molecular weight is 252 g/mol. The van der Waals surface area contributed by atoms with E-state index in [0.717, 1.165) is 30.1 Å². The van der Waals surface area contributed by atoms with Gasteiger partial charge in [0.15, 0.2) is 0 Å². The first-order valence-corrected chi connectivity index (χ1v) is 7.49. The zero-order valence-corrected chi connectivity index (χ0v) is 11.2. The van der Waals surface area contributed by atoms with Crippen molar-refractivity contribution in [2.24, 2.45) is 17.8 Å². The van der Waals surface area contributed by atoms with Gasteiger partial charge in [0, 0.05) is 18.1 Å². The number of anilines is 1. The molecule has 0 spiro atoms. The SMILES string of the molecule is c1ccc2c(NCC(C3CC3)C3CC3)nccc2c1. The Morgan fingerprint density at radius 3 is 2.53 bits per heavy atom. The molecule has 0 aliphatic heterocycles. The molecule has 0 unspecified atom stereocenters. The molecule has 0 radical (unpaired) electrons. The van der Waals surface area contributed by atoms with Crippen LogP contribution in [0.15, 0.2) is 36.5 Å². The Hall–Kier alpha value is -1.57. The largest absolute Gasteiger partial charge is 0.369 e. The van der Waals surface area contributed by atoms with Crippen molar-refractivity contribution in [3.05, 3.63) is 36.5 Å². The fourth-order valence-electron chi connectivity index (χ4n) is 3.24. The van der Waals surface area contributed by atoms with Crippen molar-refractivity contribution < 1.29 is 0 Å². The van der Waals surface area contributed by atoms with Crippen LogP contribution < -0.4 is 5.32 Å². The lowest BCUT2D eigenvalue weighted by molar-refractivity contribution is 0.428. The van der Waals surface area contributed by atoms with Crippen LogP contribution >= 0.6 is 0 Å². The van der Waals surface area contributed by atoms with Gasteiger partial charge in [-0.2, -0.15) is 0 Å². The third kappa shape index (κ3) is 2.32. The highest BCUT2D eigenvalue weighted by molar-refractivity contribution is 5.91. The summed E-state index contributed by atoms with van der Waals surface area (Å²) in [7, 11) is 0. The van der Waals surface area contributed by atoms with Crippen LogP contribution in [0.25, 0.3) is 10.8 Å². The molecule has 98 valence electrons. The Labute approximate surface area is 114 Å². The summed E-state index contributed by atoms with van der Waals surface area (Å²) in [6.45, 7) is 1.11. The lowest BCUT2D eigenvalue weighted by Gasteiger charge is -2.17. The average Bonchev–Trinajstić information content (AvgIpc) is 3.33. The minimum Gasteiger partial charge on any atom is -0.369 e. The molecule has 2 fully saturated rings. The summed E-state index contributed by atoms with van der Waals surface area (Å²) >= 11 is 0. The zero-order valence-electron chi connectivity index (χ0n) is 11.2. The second kappa shape index (κ2) is 4.52. The number of benzene rings is 1. The topological polar surface area (TPSA) is 24.9 Å². The Morgan fingerprint density at radius 1 is 1.05 bits per heavy atom. The number of hydrogen-bond acceptors (Lipinski definition) is 2. The normalized spacial score (nSPS) is 19.0. The number of rotatable bonds is 5. The van der Waals surface area contributed by atoms with Gasteiger partial charge in [-0.25, -0.2) is 4.98 Å². The maximum Gasteiger partial charge on any atom is 0.133 e. The third-order valence-corrected chi connectivity index (χ3v) is 4.63. The summed E-state index contributed by atoms with van der Waals surface area (Å²) in [5.74, 6) is 3.94. The van der Waals surface area contributed by atoms with E-state index in [9.17, 15) is 0 Å². The fourth-order valence-corrected chi connectivity index (χ4v) is 3.24. The number of nitrogens with one attached hydrogen (secondary N) is 1. The van der Waals surface area contributed by atoms with Gasteiger partial charge in [0.2, 0.25) is 0 Å². The van der Waals surface area contributed by atoms with Crippen LogP contribution in [0.3, 0.4) is 0 Å². The van der Waals surface area contributed by atoms with Crippen LogP contribution in [-0.4, -0.2) is 11.5 Å². The van der Waals surface area contributed by atoms with Gasteiger partial charge in [-0.3, -0.25) is 0 Å². The zero-order chi connectivity index (χ0) is 12.7. The molecule has 2 aromatic rings. The van der Waals surface area contributed by atoms with Gasteiger partial charge in [-0.1, -0.05) is 24.3 Å². The molecule has 1 aromatic heterocycles. The lowest BCUT2D eigenvalue weighted by atomic mass is 9.98. The molecule has 2 aliphatic carbocycles. The Bertz CT molecular complexity index is 567. The highest BCUT2D eigenvalue weighted by Crippen LogP contribution is 2.49. The molecule has 1 N–H and O–H groups in total. The van der Waals surface area contributed by atoms with Crippen molar-refractivity contribution in [1.29, 1.82) is 0 Å². The van der Waals surface area contributed by atoms with E-state index in [2.05, 4.69) is 40.6 Å². The summed E-state index contributed by atoms with van der Waals surface area (Å²) in [5, 5.41) is 6.14. The highest BCUT2D eigenvalue weighted by atomic mass is 15.0. The molecule has 0 atom stereocenters. The van der Waals surface area contributed by atoms with Crippen LogP contribution in [0.2, 0.25) is 0 Å². The van der Waals surface area contributed by atoms with Gasteiger partial charge in [0.05, 0.1) is 0 Å². The molecule has 2 saturated carbocycles. The van der Waals surface area contributed by atoms with Gasteiger partial charge in [0.25, 0.3) is 0 Å². The van der Waals surface area contributed by atoms with E-state index in [1.165, 1.54) is 36.5 Å². The summed E-state index contributed by atoms with van der Waals surface area (Å²) in [6.07, 6.45) is 7.71. The molecule has 1 heterocycles. The number of fused-ring (bicyclic) bond motifs is 1. The van der Waals surface area contributed by atoms with Crippen molar-refractivity contribution in [2.45, 2.75) is 25.7 Å². The van der Waals surface area contributed by atoms with Gasteiger partial charge in [-0.05, 0) is 54.9 Å². The fraction of sp³-hybridized carbons (Fsp3) is 0.471. The van der Waals surface area contributed by atoms with Crippen molar-refractivity contribution >= 4 is 16.6 Å². The summed E-state index contributed by atoms with van der Waals surface area (Å²) in [4.78, 5) is 4.53. The van der Waals surface area contributed by atoms with Crippen molar-refractivity contribution in [2.75, 3.05) is 11.9 Å². The van der Waals surface area contributed by atoms with E-state index in [1.54, 1.807) is 0 Å². The second-order valence-corrected chi connectivity index (χ2v) is 6.10. The smallest absolute Gasteiger partial charge is 0.133 e. The molecule has 2 nitrogen and oxygen atoms in total. The lowest BCUT2D eigenvalue weighted by Crippen LogP contribution is -2.18. The van der Waals surface area contributed by atoms with E-state index in [4.69, 9.17) is 0 Å². The summed E-state index contributed by atoms with van der Waals surface area (Å²) < 4.78 is 0. The minimum absolute atomic E-state index is 0.890. The summed E-state index contributed by atoms with van der Waals surface area (Å²) in [5.41, 5.74) is 0. The molecule has 0 bridgehead atoms. The highest BCUT2D eigenvalue weighted by Gasteiger charge is 2.41. The maximum atomic E-state index is 4.53. The molecular formula is C17H20N2. The Kier molecular flexibility index (Phi) is 2.68. The van der Waals surface area contributed by atoms with E-state index in [-0.39, 0.29) is 0 Å². The van der Waals surface area contributed by atoms with E-state index in [1.807, 2.05) is 6.20 Å². The number of hydrogen-bond donors (Lipinski definition) is 1. The first-order valence-electron chi connectivity index (χ1n) is 7.49. The Balaban J connectivity index is 1.54. The van der Waals surface area contributed by atoms with Crippen LogP contribution in [0, 0.1) is 17.8 Å². The quantitative estimate of drug-likeness (QED) is 0.867. The van der Waals surface area contributed by atoms with Gasteiger partial charge >= 0.3 is 0 Å². The second-order valence-electron chi connectivity index (χ2n) is 6.10. The van der Waals surface area contributed by atoms with Crippen molar-refractivity contribution in [1.82, 2.24) is 4.98 Å². The molecule has 0 amide bonds. The van der Waals surface area contributed by atoms with Gasteiger partial charge in [-0.15, -0.1) is 0 Å². The van der Waals surface area contributed by atoms with Gasteiger partial charge in [0.1, 0.15) is 5.82 Å². The molecule has 2 heteroatoms. The van der Waals surface area contributed by atoms with Crippen LogP contribution in [-0.2, 0) is 0 Å². The molecular weight excluding hydrogens is 232 g/mol. The van der Waals surface area contributed by atoms with Crippen LogP contribution in [0.1, 0.15) is 25.7 Å². The predicted molar refractivity (Wildman–Crippen MR) is 79.2 cm³/mol.